The van der Waals surface area contributed by atoms with Crippen LogP contribution in [0.5, 0.6) is 0 Å². The first-order chi connectivity index (χ1) is 26.6. The summed E-state index contributed by atoms with van der Waals surface area (Å²) in [7, 11) is 0. The van der Waals surface area contributed by atoms with E-state index in [-0.39, 0.29) is 58.4 Å². The molecule has 18 heteroatoms. The Bertz CT molecular complexity index is 2170. The van der Waals surface area contributed by atoms with Gasteiger partial charge in [0.2, 0.25) is 0 Å². The van der Waals surface area contributed by atoms with Gasteiger partial charge in [0, 0.05) is 91.0 Å². The van der Waals surface area contributed by atoms with E-state index in [1.807, 2.05) is 9.80 Å². The van der Waals surface area contributed by atoms with Crippen LogP contribution in [0.4, 0.5) is 29.6 Å². The van der Waals surface area contributed by atoms with E-state index >= 15 is 17.6 Å². The summed E-state index contributed by atoms with van der Waals surface area (Å²) in [5, 5.41) is 35.9. The van der Waals surface area contributed by atoms with Crippen molar-refractivity contribution in [2.75, 3.05) is 36.0 Å². The summed E-state index contributed by atoms with van der Waals surface area (Å²) >= 11 is 2.59. The van der Waals surface area contributed by atoms with Crippen LogP contribution in [0.2, 0.25) is 0 Å². The molecular weight excluding hydrogens is 761 g/mol. The summed E-state index contributed by atoms with van der Waals surface area (Å²) in [6.45, 7) is 2.27. The quantitative estimate of drug-likeness (QED) is 0.119. The Kier molecular flexibility index (Phi) is 8.45. The molecular formula is C37H36F4N8O4S2. The number of nitrogens with zero attached hydrogens (tertiary/aromatic N) is 6. The molecule has 0 spiro atoms. The maximum atomic E-state index is 15.6. The molecule has 10 rings (SSSR count). The molecule has 8 heterocycles. The second-order valence-corrected chi connectivity index (χ2v) is 16.8. The highest BCUT2D eigenvalue weighted by Crippen LogP contribution is 2.49. The van der Waals surface area contributed by atoms with Crippen molar-refractivity contribution in [3.8, 4) is 21.1 Å². The van der Waals surface area contributed by atoms with Gasteiger partial charge in [-0.05, 0) is 37.8 Å². The van der Waals surface area contributed by atoms with Gasteiger partial charge in [-0.25, -0.2) is 27.5 Å². The minimum atomic E-state index is -3.64. The topological polar surface area (TPSA) is 149 Å². The molecule has 4 saturated heterocycles. The highest BCUT2D eigenvalue weighted by Gasteiger charge is 2.54. The number of fused-ring (bicyclic) bond motifs is 6. The normalized spacial score (nSPS) is 24.8. The van der Waals surface area contributed by atoms with Crippen LogP contribution in [0, 0.1) is 0 Å². The van der Waals surface area contributed by atoms with Gasteiger partial charge in [-0.15, -0.1) is 22.7 Å². The molecule has 0 amide bonds. The summed E-state index contributed by atoms with van der Waals surface area (Å²) in [6.07, 6.45) is -1.74. The number of thiazole rings is 2. The van der Waals surface area contributed by atoms with Gasteiger partial charge in [0.25, 0.3) is 24.9 Å². The fourth-order valence-electron chi connectivity index (χ4n) is 8.91. The monoisotopic (exact) mass is 796 g/mol. The van der Waals surface area contributed by atoms with Crippen LogP contribution >= 0.6 is 22.7 Å². The molecule has 6 unspecified atom stereocenters. The van der Waals surface area contributed by atoms with Gasteiger partial charge in [-0.1, -0.05) is 12.1 Å². The Morgan fingerprint density at radius 1 is 0.673 bits per heavy atom. The third kappa shape index (κ3) is 5.82. The SMILES string of the molecule is OC(CC(O)(c1ccc(-c2nccs2)c2oc(N3CC4CCC(C3)N4)nc12)C(F)F)(c1ccc(-c2nccs2)c2oc(N3CC4CCC(C3)N4)nc12)C(F)F. The molecule has 6 aromatic rings. The van der Waals surface area contributed by atoms with Crippen molar-refractivity contribution in [3.05, 3.63) is 58.5 Å². The molecule has 6 atom stereocenters. The first-order valence-corrected chi connectivity index (χ1v) is 20.0. The highest BCUT2D eigenvalue weighted by atomic mass is 32.1. The fourth-order valence-corrected chi connectivity index (χ4v) is 10.2. The van der Waals surface area contributed by atoms with E-state index in [0.29, 0.717) is 47.3 Å². The summed E-state index contributed by atoms with van der Waals surface area (Å²) in [5.41, 5.74) is -6.81. The van der Waals surface area contributed by atoms with Crippen LogP contribution < -0.4 is 20.4 Å². The predicted octanol–water partition coefficient (Wildman–Crippen LogP) is 6.09. The van der Waals surface area contributed by atoms with Crippen molar-refractivity contribution < 1.29 is 36.6 Å². The van der Waals surface area contributed by atoms with E-state index in [2.05, 4.69) is 30.6 Å². The first-order valence-electron chi connectivity index (χ1n) is 18.3. The number of halogens is 4. The molecule has 12 nitrogen and oxygen atoms in total. The molecule has 4 bridgehead atoms. The zero-order valence-corrected chi connectivity index (χ0v) is 30.8. The standard InChI is InChI=1S/C37H36F4N8O4S2/c38-32(39)36(50,24-7-5-22(30-42-9-11-54-30)28-26(24)46-34(52-28)48-13-18-1-2-19(14-48)44-18)17-37(51,33(40)41)25-8-6-23(31-43-10-12-55-31)29-27(25)47-35(53-29)49-15-20-3-4-21(16-49)45-20/h5-12,18-21,32-33,44-45,50-51H,1-4,13-17H2. The van der Waals surface area contributed by atoms with Crippen LogP contribution in [0.15, 0.2) is 56.3 Å². The first kappa shape index (κ1) is 35.2. The van der Waals surface area contributed by atoms with Crippen molar-refractivity contribution in [3.63, 3.8) is 0 Å². The van der Waals surface area contributed by atoms with Crippen LogP contribution in [-0.4, -0.2) is 93.3 Å². The lowest BCUT2D eigenvalue weighted by atomic mass is 9.77. The Morgan fingerprint density at radius 2 is 1.07 bits per heavy atom. The van der Waals surface area contributed by atoms with Crippen molar-refractivity contribution >= 4 is 56.9 Å². The third-order valence-corrected chi connectivity index (χ3v) is 13.2. The molecule has 4 fully saturated rings. The number of piperazine rings is 2. The van der Waals surface area contributed by atoms with Crippen molar-refractivity contribution in [2.24, 2.45) is 0 Å². The van der Waals surface area contributed by atoms with Gasteiger partial charge < -0.3 is 39.5 Å². The molecule has 288 valence electrons. The summed E-state index contributed by atoms with van der Waals surface area (Å²) in [5.74, 6) is 0. The van der Waals surface area contributed by atoms with Crippen molar-refractivity contribution in [2.45, 2.75) is 80.3 Å². The predicted molar refractivity (Wildman–Crippen MR) is 199 cm³/mol. The Balaban J connectivity index is 1.10. The van der Waals surface area contributed by atoms with E-state index in [4.69, 9.17) is 8.83 Å². The number of oxazole rings is 2. The molecule has 4 aliphatic heterocycles. The smallest absolute Gasteiger partial charge is 0.298 e. The number of aromatic nitrogens is 4. The summed E-state index contributed by atoms with van der Waals surface area (Å²) in [4.78, 5) is 21.9. The lowest BCUT2D eigenvalue weighted by molar-refractivity contribution is -0.185. The third-order valence-electron chi connectivity index (χ3n) is 11.6. The van der Waals surface area contributed by atoms with E-state index in [1.54, 1.807) is 23.2 Å². The lowest BCUT2D eigenvalue weighted by Gasteiger charge is -2.37. The maximum Gasteiger partial charge on any atom is 0.298 e. The van der Waals surface area contributed by atoms with Gasteiger partial charge in [-0.2, -0.15) is 9.97 Å². The van der Waals surface area contributed by atoms with E-state index in [9.17, 15) is 10.2 Å². The second-order valence-electron chi connectivity index (χ2n) is 15.1. The van der Waals surface area contributed by atoms with Crippen molar-refractivity contribution in [1.82, 2.24) is 30.6 Å². The Morgan fingerprint density at radius 3 is 1.42 bits per heavy atom. The van der Waals surface area contributed by atoms with Gasteiger partial charge in [0.05, 0.1) is 11.1 Å². The number of aliphatic hydroxyl groups is 2. The number of nitrogens with one attached hydrogen (secondary N) is 2. The van der Waals surface area contributed by atoms with Crippen LogP contribution in [-0.2, 0) is 11.2 Å². The van der Waals surface area contributed by atoms with Crippen LogP contribution in [0.1, 0.15) is 43.2 Å². The molecule has 0 radical (unpaired) electrons. The molecule has 4 N–H and O–H groups in total. The van der Waals surface area contributed by atoms with Gasteiger partial charge in [0.1, 0.15) is 21.0 Å². The molecule has 4 aromatic heterocycles. The second kappa shape index (κ2) is 13.2. The summed E-state index contributed by atoms with van der Waals surface area (Å²) in [6, 6.07) is 6.52. The number of benzene rings is 2. The largest absolute Gasteiger partial charge is 0.423 e. The Hall–Kier alpha value is -4.20. The minimum absolute atomic E-state index is 0.0781. The summed E-state index contributed by atoms with van der Waals surface area (Å²) < 4.78 is 75.0. The lowest BCUT2D eigenvalue weighted by Crippen LogP contribution is -2.51. The molecule has 55 heavy (non-hydrogen) atoms. The molecule has 4 aliphatic rings. The highest BCUT2D eigenvalue weighted by molar-refractivity contribution is 7.13. The van der Waals surface area contributed by atoms with Crippen LogP contribution in [0.3, 0.4) is 0 Å². The minimum Gasteiger partial charge on any atom is -0.423 e. The maximum absolute atomic E-state index is 15.6. The van der Waals surface area contributed by atoms with E-state index in [1.165, 1.54) is 46.9 Å². The number of anilines is 2. The fraction of sp³-hybridized carbons (Fsp3) is 0.459. The van der Waals surface area contributed by atoms with Gasteiger partial charge in [0.15, 0.2) is 22.4 Å². The van der Waals surface area contributed by atoms with Gasteiger partial charge in [-0.3, -0.25) is 0 Å². The molecule has 2 aromatic carbocycles. The number of hydrogen-bond acceptors (Lipinski definition) is 14. The van der Waals surface area contributed by atoms with Gasteiger partial charge >= 0.3 is 0 Å². The number of rotatable bonds is 10. The van der Waals surface area contributed by atoms with Crippen LogP contribution in [0.25, 0.3) is 43.3 Å². The Labute approximate surface area is 319 Å². The average Bonchev–Trinajstić information content (AvgIpc) is 4.03. The average molecular weight is 797 g/mol. The van der Waals surface area contributed by atoms with E-state index < -0.39 is 41.6 Å². The number of hydrogen-bond donors (Lipinski definition) is 4. The zero-order valence-electron chi connectivity index (χ0n) is 29.2. The van der Waals surface area contributed by atoms with Crippen molar-refractivity contribution in [1.29, 1.82) is 0 Å². The zero-order chi connectivity index (χ0) is 37.6. The number of alkyl halides is 4. The van der Waals surface area contributed by atoms with E-state index in [0.717, 1.165) is 25.7 Å². The molecule has 0 aliphatic carbocycles. The molecule has 0 saturated carbocycles.